The van der Waals surface area contributed by atoms with Gasteiger partial charge in [-0.25, -0.2) is 9.79 Å². The summed E-state index contributed by atoms with van der Waals surface area (Å²) in [6.45, 7) is -2.99. The van der Waals surface area contributed by atoms with Gasteiger partial charge in [-0.2, -0.15) is 8.78 Å². The number of esters is 1. The molecule has 6 nitrogen and oxygen atoms in total. The van der Waals surface area contributed by atoms with E-state index >= 15 is 0 Å². The average Bonchev–Trinajstić information content (AvgIpc) is 3.25. The standard InChI is InChI=1S/C20H13F2NO5/c1-25-17-9-12(6-7-16(17)27-20(21)22)18-23-14(19(24)28-18)10-13-8-11-4-2-3-5-15(11)26-13/h2-10,20H,1H3. The van der Waals surface area contributed by atoms with Crippen LogP contribution in [0.1, 0.15) is 11.3 Å². The minimum Gasteiger partial charge on any atom is -0.493 e. The third kappa shape index (κ3) is 3.44. The summed E-state index contributed by atoms with van der Waals surface area (Å²) in [7, 11) is 1.31. The molecule has 2 aromatic carbocycles. The van der Waals surface area contributed by atoms with Crippen molar-refractivity contribution in [3.05, 3.63) is 65.6 Å². The first kappa shape index (κ1) is 17.7. The molecular weight excluding hydrogens is 372 g/mol. The molecule has 28 heavy (non-hydrogen) atoms. The number of ether oxygens (including phenoxy) is 3. The molecule has 0 bridgehead atoms. The molecule has 142 valence electrons. The Morgan fingerprint density at radius 2 is 1.93 bits per heavy atom. The van der Waals surface area contributed by atoms with Crippen LogP contribution in [0.15, 0.2) is 63.6 Å². The summed E-state index contributed by atoms with van der Waals surface area (Å²) in [5.41, 5.74) is 1.12. The predicted octanol–water partition coefficient (Wildman–Crippen LogP) is 4.39. The molecule has 0 spiro atoms. The fourth-order valence-electron chi connectivity index (χ4n) is 2.73. The van der Waals surface area contributed by atoms with E-state index in [-0.39, 0.29) is 23.1 Å². The van der Waals surface area contributed by atoms with Gasteiger partial charge in [-0.05, 0) is 30.3 Å². The second-order valence-corrected chi connectivity index (χ2v) is 5.77. The van der Waals surface area contributed by atoms with Crippen LogP contribution in [0.3, 0.4) is 0 Å². The molecule has 2 heterocycles. The van der Waals surface area contributed by atoms with Gasteiger partial charge in [0.25, 0.3) is 0 Å². The van der Waals surface area contributed by atoms with Crippen molar-refractivity contribution in [2.24, 2.45) is 4.99 Å². The maximum atomic E-state index is 12.4. The number of nitrogens with zero attached hydrogens (tertiary/aromatic N) is 1. The molecule has 0 radical (unpaired) electrons. The number of fused-ring (bicyclic) bond motifs is 1. The monoisotopic (exact) mass is 385 g/mol. The fourth-order valence-corrected chi connectivity index (χ4v) is 2.73. The third-order valence-corrected chi connectivity index (χ3v) is 3.97. The Morgan fingerprint density at radius 3 is 2.68 bits per heavy atom. The number of halogens is 2. The molecule has 0 fully saturated rings. The molecule has 0 atom stereocenters. The summed E-state index contributed by atoms with van der Waals surface area (Å²) in [6.07, 6.45) is 1.47. The van der Waals surface area contributed by atoms with Crippen LogP contribution < -0.4 is 9.47 Å². The quantitative estimate of drug-likeness (QED) is 0.481. The molecular formula is C20H13F2NO5. The number of carbonyl (C=O) groups excluding carboxylic acids is 1. The van der Waals surface area contributed by atoms with Gasteiger partial charge in [0.05, 0.1) is 7.11 Å². The Morgan fingerprint density at radius 1 is 1.11 bits per heavy atom. The number of para-hydroxylation sites is 1. The van der Waals surface area contributed by atoms with Crippen LogP contribution in [0, 0.1) is 0 Å². The molecule has 3 aromatic rings. The van der Waals surface area contributed by atoms with Crippen molar-refractivity contribution < 1.29 is 32.2 Å². The van der Waals surface area contributed by atoms with Gasteiger partial charge in [0.2, 0.25) is 5.90 Å². The summed E-state index contributed by atoms with van der Waals surface area (Å²) in [5, 5.41) is 0.893. The number of methoxy groups -OCH3 is 1. The first-order valence-corrected chi connectivity index (χ1v) is 8.18. The maximum Gasteiger partial charge on any atom is 0.387 e. The lowest BCUT2D eigenvalue weighted by Crippen LogP contribution is -2.07. The van der Waals surface area contributed by atoms with Crippen LogP contribution >= 0.6 is 0 Å². The highest BCUT2D eigenvalue weighted by molar-refractivity contribution is 6.13. The topological polar surface area (TPSA) is 70.3 Å². The highest BCUT2D eigenvalue weighted by atomic mass is 19.3. The van der Waals surface area contributed by atoms with Crippen molar-refractivity contribution in [3.8, 4) is 11.5 Å². The van der Waals surface area contributed by atoms with Crippen molar-refractivity contribution in [3.63, 3.8) is 0 Å². The van der Waals surface area contributed by atoms with E-state index in [9.17, 15) is 13.6 Å². The van der Waals surface area contributed by atoms with Gasteiger partial charge in [0.15, 0.2) is 17.2 Å². The molecule has 0 unspecified atom stereocenters. The van der Waals surface area contributed by atoms with E-state index < -0.39 is 12.6 Å². The number of hydrogen-bond donors (Lipinski definition) is 0. The molecule has 0 aliphatic carbocycles. The van der Waals surface area contributed by atoms with Gasteiger partial charge in [-0.1, -0.05) is 18.2 Å². The molecule has 0 amide bonds. The maximum absolute atomic E-state index is 12.4. The van der Waals surface area contributed by atoms with Crippen LogP contribution in [0.5, 0.6) is 11.5 Å². The van der Waals surface area contributed by atoms with E-state index in [4.69, 9.17) is 13.9 Å². The van der Waals surface area contributed by atoms with Gasteiger partial charge in [0, 0.05) is 17.0 Å². The zero-order chi connectivity index (χ0) is 19.7. The molecule has 8 heteroatoms. The van der Waals surface area contributed by atoms with E-state index in [0.29, 0.717) is 16.9 Å². The summed E-state index contributed by atoms with van der Waals surface area (Å²) in [5.74, 6) is -0.247. The molecule has 0 saturated carbocycles. The highest BCUT2D eigenvalue weighted by Gasteiger charge is 2.26. The van der Waals surface area contributed by atoms with E-state index in [2.05, 4.69) is 9.73 Å². The SMILES string of the molecule is COc1cc(C2=NC(=Cc3cc4ccccc4o3)C(=O)O2)ccc1OC(F)F. The average molecular weight is 385 g/mol. The molecule has 0 saturated heterocycles. The molecule has 1 aromatic heterocycles. The van der Waals surface area contributed by atoms with Crippen molar-refractivity contribution in [1.82, 2.24) is 0 Å². The summed E-state index contributed by atoms with van der Waals surface area (Å²) >= 11 is 0. The van der Waals surface area contributed by atoms with Crippen LogP contribution in [-0.2, 0) is 9.53 Å². The first-order chi connectivity index (χ1) is 13.5. The Hall–Kier alpha value is -3.68. The van der Waals surface area contributed by atoms with Crippen LogP contribution in [-0.4, -0.2) is 25.6 Å². The van der Waals surface area contributed by atoms with Crippen LogP contribution in [0.25, 0.3) is 17.0 Å². The van der Waals surface area contributed by atoms with Crippen molar-refractivity contribution in [2.75, 3.05) is 7.11 Å². The number of aliphatic imine (C=N–C) groups is 1. The first-order valence-electron chi connectivity index (χ1n) is 8.18. The third-order valence-electron chi connectivity index (χ3n) is 3.97. The largest absolute Gasteiger partial charge is 0.493 e. The number of cyclic esters (lactones) is 1. The van der Waals surface area contributed by atoms with Gasteiger partial charge in [-0.3, -0.25) is 0 Å². The lowest BCUT2D eigenvalue weighted by atomic mass is 10.2. The number of hydrogen-bond acceptors (Lipinski definition) is 6. The van der Waals surface area contributed by atoms with E-state index in [1.165, 1.54) is 31.4 Å². The second kappa shape index (κ2) is 7.15. The highest BCUT2D eigenvalue weighted by Crippen LogP contribution is 2.31. The zero-order valence-electron chi connectivity index (χ0n) is 14.5. The van der Waals surface area contributed by atoms with Gasteiger partial charge >= 0.3 is 12.6 Å². The number of furan rings is 1. The Balaban J connectivity index is 1.65. The molecule has 0 N–H and O–H groups in total. The van der Waals surface area contributed by atoms with E-state index in [0.717, 1.165) is 5.39 Å². The Labute approximate surface area is 157 Å². The smallest absolute Gasteiger partial charge is 0.387 e. The minimum absolute atomic E-state index is 0.0225. The van der Waals surface area contributed by atoms with Crippen molar-refractivity contribution in [2.45, 2.75) is 6.61 Å². The number of alkyl halides is 2. The van der Waals surface area contributed by atoms with E-state index in [1.807, 2.05) is 24.3 Å². The molecule has 1 aliphatic heterocycles. The number of carbonyl (C=O) groups is 1. The zero-order valence-corrected chi connectivity index (χ0v) is 14.5. The predicted molar refractivity (Wildman–Crippen MR) is 96.4 cm³/mol. The van der Waals surface area contributed by atoms with Gasteiger partial charge in [0.1, 0.15) is 11.3 Å². The second-order valence-electron chi connectivity index (χ2n) is 5.77. The Kier molecular flexibility index (Phi) is 4.52. The van der Waals surface area contributed by atoms with Crippen LogP contribution in [0.4, 0.5) is 8.78 Å². The lowest BCUT2D eigenvalue weighted by Gasteiger charge is -2.10. The lowest BCUT2D eigenvalue weighted by molar-refractivity contribution is -0.129. The Bertz CT molecular complexity index is 1080. The van der Waals surface area contributed by atoms with Crippen LogP contribution in [0.2, 0.25) is 0 Å². The van der Waals surface area contributed by atoms with Gasteiger partial charge < -0.3 is 18.6 Å². The normalized spacial score (nSPS) is 15.2. The van der Waals surface area contributed by atoms with Crippen molar-refractivity contribution in [1.29, 1.82) is 0 Å². The number of benzene rings is 2. The molecule has 4 rings (SSSR count). The summed E-state index contributed by atoms with van der Waals surface area (Å²) < 4.78 is 45.1. The minimum atomic E-state index is -2.99. The summed E-state index contributed by atoms with van der Waals surface area (Å²) in [6, 6.07) is 13.3. The van der Waals surface area contributed by atoms with E-state index in [1.54, 1.807) is 6.07 Å². The number of rotatable bonds is 5. The molecule has 1 aliphatic rings. The fraction of sp³-hybridized carbons (Fsp3) is 0.100. The van der Waals surface area contributed by atoms with Crippen molar-refractivity contribution >= 4 is 28.9 Å². The van der Waals surface area contributed by atoms with Gasteiger partial charge in [-0.15, -0.1) is 0 Å². The summed E-state index contributed by atoms with van der Waals surface area (Å²) in [4.78, 5) is 16.3.